The quantitative estimate of drug-likeness (QED) is 0.856. The third kappa shape index (κ3) is 2.44. The zero-order chi connectivity index (χ0) is 11.7. The van der Waals surface area contributed by atoms with Gasteiger partial charge in [-0.3, -0.25) is 0 Å². The summed E-state index contributed by atoms with van der Waals surface area (Å²) in [5.74, 6) is 0.602. The zero-order valence-corrected chi connectivity index (χ0v) is 12.0. The fourth-order valence-electron chi connectivity index (χ4n) is 2.61. The molecule has 1 heterocycles. The Morgan fingerprint density at radius 1 is 1.50 bits per heavy atom. The van der Waals surface area contributed by atoms with Gasteiger partial charge in [-0.1, -0.05) is 24.6 Å². The van der Waals surface area contributed by atoms with Crippen LogP contribution in [0.5, 0.6) is 0 Å². The molecular formula is C13H17BrClN. The van der Waals surface area contributed by atoms with Crippen LogP contribution in [0, 0.1) is 0 Å². The zero-order valence-electron chi connectivity index (χ0n) is 9.63. The van der Waals surface area contributed by atoms with Gasteiger partial charge in [0.15, 0.2) is 0 Å². The maximum atomic E-state index is 6.15. The van der Waals surface area contributed by atoms with Gasteiger partial charge in [0.25, 0.3) is 0 Å². The number of benzene rings is 1. The lowest BCUT2D eigenvalue weighted by molar-refractivity contribution is 0.517. The average Bonchev–Trinajstić information content (AvgIpc) is 2.63. The molecule has 88 valence electrons. The van der Waals surface area contributed by atoms with Gasteiger partial charge in [0.05, 0.1) is 5.02 Å². The second-order valence-electron chi connectivity index (χ2n) is 4.60. The Hall–Kier alpha value is -0.0500. The molecule has 0 saturated carbocycles. The van der Waals surface area contributed by atoms with Gasteiger partial charge in [0.2, 0.25) is 0 Å². The minimum absolute atomic E-state index is 0.590. The number of nitrogens with one attached hydrogen (secondary N) is 1. The molecule has 0 radical (unpaired) electrons. The molecule has 1 aromatic rings. The molecule has 0 aliphatic carbocycles. The summed E-state index contributed by atoms with van der Waals surface area (Å²) in [4.78, 5) is 0. The Morgan fingerprint density at radius 2 is 2.25 bits per heavy atom. The molecule has 3 atom stereocenters. The summed E-state index contributed by atoms with van der Waals surface area (Å²) in [6, 6.07) is 7.53. The molecule has 1 aromatic carbocycles. The van der Waals surface area contributed by atoms with Crippen molar-refractivity contribution in [2.45, 2.75) is 44.7 Å². The van der Waals surface area contributed by atoms with Crippen LogP contribution in [-0.4, -0.2) is 12.1 Å². The van der Waals surface area contributed by atoms with Crippen molar-refractivity contribution in [1.29, 1.82) is 0 Å². The molecule has 16 heavy (non-hydrogen) atoms. The topological polar surface area (TPSA) is 12.0 Å². The first kappa shape index (κ1) is 12.4. The van der Waals surface area contributed by atoms with Crippen LogP contribution in [0.1, 0.15) is 38.2 Å². The molecule has 1 aliphatic rings. The number of hydrogen-bond donors (Lipinski definition) is 1. The summed E-state index contributed by atoms with van der Waals surface area (Å²) < 4.78 is 0.977. The van der Waals surface area contributed by atoms with Crippen molar-refractivity contribution in [3.8, 4) is 0 Å². The summed E-state index contributed by atoms with van der Waals surface area (Å²) in [5, 5.41) is 4.44. The predicted molar refractivity (Wildman–Crippen MR) is 73.2 cm³/mol. The van der Waals surface area contributed by atoms with E-state index in [0.717, 1.165) is 9.50 Å². The van der Waals surface area contributed by atoms with Crippen molar-refractivity contribution in [3.05, 3.63) is 33.3 Å². The predicted octanol–water partition coefficient (Wildman–Crippen LogP) is 4.35. The van der Waals surface area contributed by atoms with Crippen LogP contribution in [0.2, 0.25) is 5.02 Å². The Labute approximate surface area is 111 Å². The average molecular weight is 303 g/mol. The maximum absolute atomic E-state index is 6.15. The Bertz CT molecular complexity index is 380. The molecule has 1 aliphatic heterocycles. The maximum Gasteiger partial charge on any atom is 0.0550 e. The lowest BCUT2D eigenvalue weighted by Crippen LogP contribution is -2.28. The molecule has 2 rings (SSSR count). The van der Waals surface area contributed by atoms with Crippen LogP contribution in [0.15, 0.2) is 22.7 Å². The monoisotopic (exact) mass is 301 g/mol. The summed E-state index contributed by atoms with van der Waals surface area (Å²) in [7, 11) is 0. The van der Waals surface area contributed by atoms with Gasteiger partial charge < -0.3 is 5.32 Å². The van der Waals surface area contributed by atoms with E-state index in [0.29, 0.717) is 18.0 Å². The summed E-state index contributed by atoms with van der Waals surface area (Å²) >= 11 is 9.59. The normalized spacial score (nSPS) is 29.6. The van der Waals surface area contributed by atoms with Crippen LogP contribution >= 0.6 is 27.5 Å². The van der Waals surface area contributed by atoms with E-state index in [-0.39, 0.29) is 0 Å². The largest absolute Gasteiger partial charge is 0.311 e. The van der Waals surface area contributed by atoms with Crippen LogP contribution in [-0.2, 0) is 0 Å². The van der Waals surface area contributed by atoms with Crippen molar-refractivity contribution in [2.24, 2.45) is 0 Å². The van der Waals surface area contributed by atoms with Crippen molar-refractivity contribution < 1.29 is 0 Å². The van der Waals surface area contributed by atoms with E-state index in [4.69, 9.17) is 11.6 Å². The van der Waals surface area contributed by atoms with E-state index < -0.39 is 0 Å². The van der Waals surface area contributed by atoms with Gasteiger partial charge in [0, 0.05) is 22.5 Å². The third-order valence-corrected chi connectivity index (χ3v) is 4.64. The molecule has 0 aromatic heterocycles. The molecule has 1 N–H and O–H groups in total. The van der Waals surface area contributed by atoms with E-state index in [9.17, 15) is 0 Å². The second-order valence-corrected chi connectivity index (χ2v) is 5.86. The molecule has 0 spiro atoms. The highest BCUT2D eigenvalue weighted by Crippen LogP contribution is 2.35. The number of halogens is 2. The Morgan fingerprint density at radius 3 is 2.88 bits per heavy atom. The fraction of sp³-hybridized carbons (Fsp3) is 0.538. The summed E-state index contributed by atoms with van der Waals surface area (Å²) in [5.41, 5.74) is 1.36. The van der Waals surface area contributed by atoms with Gasteiger partial charge in [-0.25, -0.2) is 0 Å². The van der Waals surface area contributed by atoms with Crippen LogP contribution in [0.3, 0.4) is 0 Å². The molecule has 1 nitrogen and oxygen atoms in total. The Kier molecular flexibility index (Phi) is 3.93. The minimum Gasteiger partial charge on any atom is -0.311 e. The highest BCUT2D eigenvalue weighted by atomic mass is 79.9. The van der Waals surface area contributed by atoms with Crippen molar-refractivity contribution in [2.75, 3.05) is 0 Å². The van der Waals surface area contributed by atoms with E-state index in [1.807, 2.05) is 6.07 Å². The fourth-order valence-corrected chi connectivity index (χ4v) is 3.04. The van der Waals surface area contributed by atoms with E-state index in [1.165, 1.54) is 18.4 Å². The van der Waals surface area contributed by atoms with Crippen molar-refractivity contribution >= 4 is 27.5 Å². The lowest BCUT2D eigenvalue weighted by atomic mass is 9.90. The number of rotatable bonds is 2. The number of hydrogen-bond acceptors (Lipinski definition) is 1. The molecule has 1 saturated heterocycles. The molecule has 1 fully saturated rings. The smallest absolute Gasteiger partial charge is 0.0550 e. The van der Waals surface area contributed by atoms with Crippen LogP contribution in [0.25, 0.3) is 0 Å². The molecule has 0 bridgehead atoms. The van der Waals surface area contributed by atoms with Crippen LogP contribution < -0.4 is 5.32 Å². The van der Waals surface area contributed by atoms with Gasteiger partial charge in [-0.2, -0.15) is 0 Å². The Balaban J connectivity index is 2.26. The summed E-state index contributed by atoms with van der Waals surface area (Å²) in [6.07, 6.45) is 2.37. The van der Waals surface area contributed by atoms with E-state index in [2.05, 4.69) is 47.2 Å². The third-order valence-electron chi connectivity index (χ3n) is 3.40. The van der Waals surface area contributed by atoms with Crippen molar-refractivity contribution in [1.82, 2.24) is 5.32 Å². The standard InChI is InChI=1S/C13H17BrClN/c1-3-13-10(6-8(2)16-13)9-4-5-11(14)12(15)7-9/h4-5,7-8,10,13,16H,3,6H2,1-2H3. The van der Waals surface area contributed by atoms with Gasteiger partial charge in [-0.05, 0) is 53.4 Å². The molecular weight excluding hydrogens is 286 g/mol. The first-order valence-electron chi connectivity index (χ1n) is 5.82. The van der Waals surface area contributed by atoms with Gasteiger partial charge >= 0.3 is 0 Å². The highest BCUT2D eigenvalue weighted by Gasteiger charge is 2.31. The first-order chi connectivity index (χ1) is 7.61. The second kappa shape index (κ2) is 5.07. The lowest BCUT2D eigenvalue weighted by Gasteiger charge is -2.18. The summed E-state index contributed by atoms with van der Waals surface area (Å²) in [6.45, 7) is 4.49. The molecule has 0 amide bonds. The highest BCUT2D eigenvalue weighted by molar-refractivity contribution is 9.10. The van der Waals surface area contributed by atoms with Crippen LogP contribution in [0.4, 0.5) is 0 Å². The van der Waals surface area contributed by atoms with E-state index in [1.54, 1.807) is 0 Å². The first-order valence-corrected chi connectivity index (χ1v) is 7.00. The molecule has 3 heteroatoms. The van der Waals surface area contributed by atoms with Gasteiger partial charge in [0.1, 0.15) is 0 Å². The van der Waals surface area contributed by atoms with Crippen molar-refractivity contribution in [3.63, 3.8) is 0 Å². The SMILES string of the molecule is CCC1NC(C)CC1c1ccc(Br)c(Cl)c1. The van der Waals surface area contributed by atoms with Gasteiger partial charge in [-0.15, -0.1) is 0 Å². The van der Waals surface area contributed by atoms with E-state index >= 15 is 0 Å². The molecule has 3 unspecified atom stereocenters. The minimum atomic E-state index is 0.590.